The number of thiazole rings is 1. The second-order valence-corrected chi connectivity index (χ2v) is 9.40. The first-order chi connectivity index (χ1) is 13.0. The SMILES string of the molecule is CCn1c(=O)sc2cc(S(=O)(=O)N3CCN(c4ccccc4)CC3)ccc21. The van der Waals surface area contributed by atoms with Crippen molar-refractivity contribution in [2.75, 3.05) is 31.1 Å². The van der Waals surface area contributed by atoms with Gasteiger partial charge in [0.25, 0.3) is 0 Å². The summed E-state index contributed by atoms with van der Waals surface area (Å²) in [6, 6.07) is 15.0. The van der Waals surface area contributed by atoms with Gasteiger partial charge in [-0.25, -0.2) is 8.42 Å². The standard InChI is InChI=1S/C19H21N3O3S2/c1-2-22-17-9-8-16(14-18(17)26-19(22)23)27(24,25)21-12-10-20(11-13-21)15-6-4-3-5-7-15/h3-9,14H,2,10-13H2,1H3. The quantitative estimate of drug-likeness (QED) is 0.672. The summed E-state index contributed by atoms with van der Waals surface area (Å²) in [7, 11) is -3.57. The van der Waals surface area contributed by atoms with Gasteiger partial charge in [0.15, 0.2) is 0 Å². The number of fused-ring (bicyclic) bond motifs is 1. The fourth-order valence-corrected chi connectivity index (χ4v) is 6.00. The van der Waals surface area contributed by atoms with Crippen LogP contribution in [0.25, 0.3) is 10.2 Å². The molecule has 2 aromatic carbocycles. The maximum atomic E-state index is 13.1. The molecule has 1 saturated heterocycles. The lowest BCUT2D eigenvalue weighted by molar-refractivity contribution is 0.385. The van der Waals surface area contributed by atoms with Crippen molar-refractivity contribution in [3.8, 4) is 0 Å². The van der Waals surface area contributed by atoms with Gasteiger partial charge < -0.3 is 4.90 Å². The molecule has 3 aromatic rings. The predicted octanol–water partition coefficient (Wildman–Crippen LogP) is 2.59. The van der Waals surface area contributed by atoms with E-state index in [1.165, 1.54) is 4.31 Å². The van der Waals surface area contributed by atoms with Crippen LogP contribution in [-0.4, -0.2) is 43.5 Å². The normalized spacial score (nSPS) is 16.1. The molecule has 1 aromatic heterocycles. The minimum atomic E-state index is -3.57. The van der Waals surface area contributed by atoms with Gasteiger partial charge >= 0.3 is 4.87 Å². The number of sulfonamides is 1. The summed E-state index contributed by atoms with van der Waals surface area (Å²) >= 11 is 1.09. The van der Waals surface area contributed by atoms with Gasteiger partial charge in [-0.1, -0.05) is 29.5 Å². The highest BCUT2D eigenvalue weighted by atomic mass is 32.2. The van der Waals surface area contributed by atoms with Crippen LogP contribution < -0.4 is 9.77 Å². The zero-order valence-electron chi connectivity index (χ0n) is 15.0. The van der Waals surface area contributed by atoms with Crippen molar-refractivity contribution in [2.45, 2.75) is 18.4 Å². The fourth-order valence-electron chi connectivity index (χ4n) is 3.48. The molecule has 2 heterocycles. The van der Waals surface area contributed by atoms with Gasteiger partial charge in [0, 0.05) is 38.4 Å². The van der Waals surface area contributed by atoms with E-state index in [9.17, 15) is 13.2 Å². The van der Waals surface area contributed by atoms with Crippen LogP contribution in [0.5, 0.6) is 0 Å². The molecule has 0 bridgehead atoms. The van der Waals surface area contributed by atoms with Gasteiger partial charge in [-0.2, -0.15) is 4.31 Å². The van der Waals surface area contributed by atoms with E-state index in [0.29, 0.717) is 37.4 Å². The number of aromatic nitrogens is 1. The third-order valence-electron chi connectivity index (χ3n) is 4.95. The van der Waals surface area contributed by atoms with E-state index >= 15 is 0 Å². The number of rotatable bonds is 4. The Balaban J connectivity index is 1.57. The molecule has 6 nitrogen and oxygen atoms in total. The van der Waals surface area contributed by atoms with Gasteiger partial charge in [-0.3, -0.25) is 9.36 Å². The first kappa shape index (κ1) is 18.2. The van der Waals surface area contributed by atoms with Crippen molar-refractivity contribution >= 4 is 37.3 Å². The number of benzene rings is 2. The Morgan fingerprint density at radius 1 is 1.00 bits per heavy atom. The third-order valence-corrected chi connectivity index (χ3v) is 7.79. The van der Waals surface area contributed by atoms with Crippen molar-refractivity contribution in [2.24, 2.45) is 0 Å². The molecule has 4 rings (SSSR count). The molecule has 1 aliphatic heterocycles. The van der Waals surface area contributed by atoms with Crippen molar-refractivity contribution < 1.29 is 8.42 Å². The zero-order valence-corrected chi connectivity index (χ0v) is 16.7. The number of hydrogen-bond acceptors (Lipinski definition) is 5. The maximum Gasteiger partial charge on any atom is 0.308 e. The second-order valence-electron chi connectivity index (χ2n) is 6.47. The van der Waals surface area contributed by atoms with Gasteiger partial charge in [0.2, 0.25) is 10.0 Å². The summed E-state index contributed by atoms with van der Waals surface area (Å²) in [5, 5.41) is 0. The smallest absolute Gasteiger partial charge is 0.308 e. The molecule has 142 valence electrons. The largest absolute Gasteiger partial charge is 0.369 e. The first-order valence-electron chi connectivity index (χ1n) is 8.94. The van der Waals surface area contributed by atoms with Crippen molar-refractivity contribution in [3.63, 3.8) is 0 Å². The average Bonchev–Trinajstić information content (AvgIpc) is 3.02. The number of hydrogen-bond donors (Lipinski definition) is 0. The predicted molar refractivity (Wildman–Crippen MR) is 109 cm³/mol. The number of aryl methyl sites for hydroxylation is 1. The van der Waals surface area contributed by atoms with Crippen LogP contribution in [0.1, 0.15) is 6.92 Å². The molecule has 0 aliphatic carbocycles. The Bertz CT molecular complexity index is 1110. The van der Waals surface area contributed by atoms with Crippen molar-refractivity contribution in [1.82, 2.24) is 8.87 Å². The van der Waals surface area contributed by atoms with E-state index < -0.39 is 10.0 Å². The van der Waals surface area contributed by atoms with Crippen LogP contribution in [0.2, 0.25) is 0 Å². The summed E-state index contributed by atoms with van der Waals surface area (Å²) in [5.41, 5.74) is 1.90. The molecule has 0 radical (unpaired) electrons. The Morgan fingerprint density at radius 3 is 2.37 bits per heavy atom. The zero-order chi connectivity index (χ0) is 19.0. The van der Waals surface area contributed by atoms with E-state index in [1.807, 2.05) is 37.3 Å². The van der Waals surface area contributed by atoms with Crippen molar-refractivity contribution in [1.29, 1.82) is 0 Å². The minimum absolute atomic E-state index is 0.0569. The van der Waals surface area contributed by atoms with Crippen molar-refractivity contribution in [3.05, 3.63) is 58.2 Å². The highest BCUT2D eigenvalue weighted by Gasteiger charge is 2.29. The maximum absolute atomic E-state index is 13.1. The molecule has 1 fully saturated rings. The Morgan fingerprint density at radius 2 is 1.70 bits per heavy atom. The molecule has 0 atom stereocenters. The summed E-state index contributed by atoms with van der Waals surface area (Å²) in [5.74, 6) is 0. The Hall–Kier alpha value is -2.16. The summed E-state index contributed by atoms with van der Waals surface area (Å²) in [6.45, 7) is 4.69. The van der Waals surface area contributed by atoms with Gasteiger partial charge in [0.05, 0.1) is 15.1 Å². The Kier molecular flexibility index (Phi) is 4.79. The number of piperazine rings is 1. The lowest BCUT2D eigenvalue weighted by atomic mass is 10.2. The molecule has 0 unspecified atom stereocenters. The molecule has 0 amide bonds. The topological polar surface area (TPSA) is 62.6 Å². The lowest BCUT2D eigenvalue weighted by Gasteiger charge is -2.35. The number of para-hydroxylation sites is 1. The molecule has 8 heteroatoms. The summed E-state index contributed by atoms with van der Waals surface area (Å²) in [4.78, 5) is 14.4. The summed E-state index contributed by atoms with van der Waals surface area (Å²) < 4.78 is 30.0. The van der Waals surface area contributed by atoms with Gasteiger partial charge in [0.1, 0.15) is 0 Å². The molecule has 0 N–H and O–H groups in total. The molecule has 0 spiro atoms. The second kappa shape index (κ2) is 7.10. The summed E-state index contributed by atoms with van der Waals surface area (Å²) in [6.07, 6.45) is 0. The first-order valence-corrected chi connectivity index (χ1v) is 11.2. The van der Waals surface area contributed by atoms with Crippen LogP contribution in [0.4, 0.5) is 5.69 Å². The van der Waals surface area contributed by atoms with E-state index in [-0.39, 0.29) is 9.77 Å². The van der Waals surface area contributed by atoms with E-state index in [4.69, 9.17) is 0 Å². The highest BCUT2D eigenvalue weighted by Crippen LogP contribution is 2.25. The van der Waals surface area contributed by atoms with Crippen LogP contribution in [0.15, 0.2) is 58.2 Å². The molecule has 1 aliphatic rings. The monoisotopic (exact) mass is 403 g/mol. The van der Waals surface area contributed by atoms with Gasteiger partial charge in [-0.05, 0) is 37.3 Å². The number of nitrogens with zero attached hydrogens (tertiary/aromatic N) is 3. The number of anilines is 1. The average molecular weight is 404 g/mol. The fraction of sp³-hybridized carbons (Fsp3) is 0.316. The molecular weight excluding hydrogens is 382 g/mol. The minimum Gasteiger partial charge on any atom is -0.369 e. The van der Waals surface area contributed by atoms with E-state index in [0.717, 1.165) is 22.5 Å². The van der Waals surface area contributed by atoms with Gasteiger partial charge in [-0.15, -0.1) is 0 Å². The molecular formula is C19H21N3O3S2. The van der Waals surface area contributed by atoms with E-state index in [1.54, 1.807) is 22.8 Å². The van der Waals surface area contributed by atoms with Crippen LogP contribution in [-0.2, 0) is 16.6 Å². The Labute approximate surface area is 162 Å². The van der Waals surface area contributed by atoms with E-state index in [2.05, 4.69) is 4.90 Å². The molecule has 0 saturated carbocycles. The van der Waals surface area contributed by atoms with Crippen LogP contribution >= 0.6 is 11.3 Å². The third kappa shape index (κ3) is 3.28. The lowest BCUT2D eigenvalue weighted by Crippen LogP contribution is -2.48. The highest BCUT2D eigenvalue weighted by molar-refractivity contribution is 7.89. The van der Waals surface area contributed by atoms with Crippen LogP contribution in [0.3, 0.4) is 0 Å². The van der Waals surface area contributed by atoms with Crippen LogP contribution in [0, 0.1) is 0 Å². The molecule has 27 heavy (non-hydrogen) atoms.